The van der Waals surface area contributed by atoms with Crippen LogP contribution in [0.15, 0.2) is 24.3 Å². The number of hydrogen-bond donors (Lipinski definition) is 1. The number of carboxylic acids is 1. The Hall–Kier alpha value is -1.33. The van der Waals surface area contributed by atoms with Gasteiger partial charge in [0.2, 0.25) is 0 Å². The number of rotatable bonds is 7. The number of thiazole rings is 1. The van der Waals surface area contributed by atoms with E-state index >= 15 is 0 Å². The lowest BCUT2D eigenvalue weighted by molar-refractivity contribution is 0.0701. The van der Waals surface area contributed by atoms with E-state index in [-0.39, 0.29) is 0 Å². The lowest BCUT2D eigenvalue weighted by atomic mass is 10.1. The molecule has 0 amide bonds. The van der Waals surface area contributed by atoms with Gasteiger partial charge in [-0.3, -0.25) is 0 Å². The molecule has 0 aliphatic carbocycles. The molecular weight excluding hydrogens is 302 g/mol. The summed E-state index contributed by atoms with van der Waals surface area (Å²) < 4.78 is 0. The Kier molecular flexibility index (Phi) is 5.82. The van der Waals surface area contributed by atoms with E-state index in [9.17, 15) is 4.79 Å². The number of unbranched alkanes of at least 4 members (excludes halogenated alkanes) is 1. The van der Waals surface area contributed by atoms with Gasteiger partial charge < -0.3 is 5.11 Å². The Morgan fingerprint density at radius 1 is 1.43 bits per heavy atom. The molecule has 2 rings (SSSR count). The third kappa shape index (κ3) is 4.32. The maximum absolute atomic E-state index is 11.1. The first-order chi connectivity index (χ1) is 10.1. The molecule has 0 aliphatic rings. The summed E-state index contributed by atoms with van der Waals surface area (Å²) in [6.07, 6.45) is 2.47. The average Bonchev–Trinajstić information content (AvgIpc) is 2.86. The molecule has 0 saturated carbocycles. The summed E-state index contributed by atoms with van der Waals surface area (Å²) in [5, 5.41) is 9.90. The number of benzene rings is 1. The molecule has 3 nitrogen and oxygen atoms in total. The highest BCUT2D eigenvalue weighted by molar-refractivity contribution is 7.98. The zero-order valence-electron chi connectivity index (χ0n) is 12.3. The highest BCUT2D eigenvalue weighted by Crippen LogP contribution is 2.29. The largest absolute Gasteiger partial charge is 0.477 e. The van der Waals surface area contributed by atoms with Crippen LogP contribution in [0.2, 0.25) is 0 Å². The maximum Gasteiger partial charge on any atom is 0.347 e. The third-order valence-electron chi connectivity index (χ3n) is 3.08. The smallest absolute Gasteiger partial charge is 0.347 e. The topological polar surface area (TPSA) is 50.2 Å². The van der Waals surface area contributed by atoms with Crippen LogP contribution in [0.1, 0.15) is 40.7 Å². The summed E-state index contributed by atoms with van der Waals surface area (Å²) in [7, 11) is 0. The number of nitrogens with zero attached hydrogens (tertiary/aromatic N) is 1. The molecule has 0 bridgehead atoms. The van der Waals surface area contributed by atoms with E-state index in [2.05, 4.69) is 24.0 Å². The second-order valence-electron chi connectivity index (χ2n) is 4.85. The van der Waals surface area contributed by atoms with Gasteiger partial charge in [-0.25, -0.2) is 9.78 Å². The van der Waals surface area contributed by atoms with Crippen molar-refractivity contribution in [1.82, 2.24) is 4.98 Å². The number of thioether (sulfide) groups is 1. The van der Waals surface area contributed by atoms with E-state index in [1.807, 2.05) is 23.9 Å². The molecule has 21 heavy (non-hydrogen) atoms. The van der Waals surface area contributed by atoms with Crippen LogP contribution in [0.5, 0.6) is 0 Å². The van der Waals surface area contributed by atoms with Gasteiger partial charge in [-0.15, -0.1) is 11.3 Å². The summed E-state index contributed by atoms with van der Waals surface area (Å²) in [6, 6.07) is 8.23. The molecule has 0 atom stereocenters. The molecule has 2 aromatic rings. The Bertz CT molecular complexity index is 622. The fraction of sp³-hybridized carbons (Fsp3) is 0.375. The first kappa shape index (κ1) is 16.0. The molecule has 0 saturated heterocycles. The molecule has 1 N–H and O–H groups in total. The molecule has 0 spiro atoms. The van der Waals surface area contributed by atoms with Crippen LogP contribution in [0, 0.1) is 6.92 Å². The number of aromatic carboxylic acids is 1. The minimum atomic E-state index is -0.900. The van der Waals surface area contributed by atoms with Gasteiger partial charge in [-0.1, -0.05) is 31.5 Å². The van der Waals surface area contributed by atoms with Crippen molar-refractivity contribution in [1.29, 1.82) is 0 Å². The molecular formula is C16H19NO2S2. The third-order valence-corrected chi connectivity index (χ3v) is 5.39. The lowest BCUT2D eigenvalue weighted by Crippen LogP contribution is -1.94. The van der Waals surface area contributed by atoms with Crippen molar-refractivity contribution >= 4 is 29.1 Å². The normalized spacial score (nSPS) is 10.8. The van der Waals surface area contributed by atoms with Crippen LogP contribution >= 0.6 is 23.1 Å². The minimum absolute atomic E-state index is 0.327. The monoisotopic (exact) mass is 321 g/mol. The predicted molar refractivity (Wildman–Crippen MR) is 90.3 cm³/mol. The van der Waals surface area contributed by atoms with Crippen molar-refractivity contribution in [2.75, 3.05) is 5.75 Å². The molecule has 0 aliphatic heterocycles. The van der Waals surface area contributed by atoms with Crippen molar-refractivity contribution in [3.63, 3.8) is 0 Å². The van der Waals surface area contributed by atoms with Crippen molar-refractivity contribution in [2.45, 2.75) is 32.4 Å². The number of carboxylic acid groups (broad SMARTS) is 1. The Balaban J connectivity index is 2.13. The second-order valence-corrected chi connectivity index (χ2v) is 6.95. The van der Waals surface area contributed by atoms with Gasteiger partial charge >= 0.3 is 5.97 Å². The highest BCUT2D eigenvalue weighted by Gasteiger charge is 2.15. The van der Waals surface area contributed by atoms with E-state index in [0.717, 1.165) is 16.3 Å². The zero-order valence-corrected chi connectivity index (χ0v) is 13.9. The van der Waals surface area contributed by atoms with Crippen LogP contribution < -0.4 is 0 Å². The fourth-order valence-electron chi connectivity index (χ4n) is 1.95. The first-order valence-electron chi connectivity index (χ1n) is 6.99. The predicted octanol–water partition coefficient (Wildman–Crippen LogP) is 4.85. The Morgan fingerprint density at radius 2 is 2.24 bits per heavy atom. The molecule has 1 aromatic heterocycles. The van der Waals surface area contributed by atoms with Crippen LogP contribution in [0.4, 0.5) is 0 Å². The number of carbonyl (C=O) groups is 1. The Labute approximate surface area is 133 Å². The average molecular weight is 321 g/mol. The van der Waals surface area contributed by atoms with E-state index in [1.165, 1.54) is 35.5 Å². The molecule has 5 heteroatoms. The van der Waals surface area contributed by atoms with Crippen LogP contribution in [-0.4, -0.2) is 21.8 Å². The first-order valence-corrected chi connectivity index (χ1v) is 8.96. The summed E-state index contributed by atoms with van der Waals surface area (Å²) in [5.74, 6) is 1.27. The molecule has 0 fully saturated rings. The summed E-state index contributed by atoms with van der Waals surface area (Å²) >= 11 is 3.18. The summed E-state index contributed by atoms with van der Waals surface area (Å²) in [6.45, 7) is 3.94. The van der Waals surface area contributed by atoms with Crippen LogP contribution in [0.3, 0.4) is 0 Å². The SMILES string of the molecule is CCCCSCc1cccc(-c2nc(C)c(C(=O)O)s2)c1. The molecule has 1 aromatic carbocycles. The Morgan fingerprint density at radius 3 is 2.90 bits per heavy atom. The second kappa shape index (κ2) is 7.61. The summed E-state index contributed by atoms with van der Waals surface area (Å²) in [5.41, 5.74) is 2.85. The van der Waals surface area contributed by atoms with E-state index in [4.69, 9.17) is 5.11 Å². The minimum Gasteiger partial charge on any atom is -0.477 e. The van der Waals surface area contributed by atoms with Gasteiger partial charge in [0.05, 0.1) is 5.69 Å². The van der Waals surface area contributed by atoms with Gasteiger partial charge in [0.1, 0.15) is 9.88 Å². The van der Waals surface area contributed by atoms with Crippen molar-refractivity contribution in [3.8, 4) is 10.6 Å². The van der Waals surface area contributed by atoms with Gasteiger partial charge in [-0.05, 0) is 30.7 Å². The van der Waals surface area contributed by atoms with E-state index in [0.29, 0.717) is 10.6 Å². The maximum atomic E-state index is 11.1. The molecule has 1 heterocycles. The summed E-state index contributed by atoms with van der Waals surface area (Å²) in [4.78, 5) is 15.8. The molecule has 0 unspecified atom stereocenters. The van der Waals surface area contributed by atoms with Crippen molar-refractivity contribution in [2.24, 2.45) is 0 Å². The van der Waals surface area contributed by atoms with Crippen molar-refractivity contribution < 1.29 is 9.90 Å². The van der Waals surface area contributed by atoms with Crippen LogP contribution in [0.25, 0.3) is 10.6 Å². The van der Waals surface area contributed by atoms with Gasteiger partial charge in [0.15, 0.2) is 0 Å². The van der Waals surface area contributed by atoms with Crippen molar-refractivity contribution in [3.05, 3.63) is 40.4 Å². The van der Waals surface area contributed by atoms with Gasteiger partial charge in [-0.2, -0.15) is 11.8 Å². The highest BCUT2D eigenvalue weighted by atomic mass is 32.2. The number of aryl methyl sites for hydroxylation is 1. The quantitative estimate of drug-likeness (QED) is 0.741. The van der Waals surface area contributed by atoms with Gasteiger partial charge in [0, 0.05) is 11.3 Å². The fourth-order valence-corrected chi connectivity index (χ4v) is 3.90. The van der Waals surface area contributed by atoms with Crippen LogP contribution in [-0.2, 0) is 5.75 Å². The van der Waals surface area contributed by atoms with E-state index < -0.39 is 5.97 Å². The molecule has 0 radical (unpaired) electrons. The number of hydrogen-bond acceptors (Lipinski definition) is 4. The molecule has 112 valence electrons. The van der Waals surface area contributed by atoms with Gasteiger partial charge in [0.25, 0.3) is 0 Å². The lowest BCUT2D eigenvalue weighted by Gasteiger charge is -2.03. The number of aromatic nitrogens is 1. The standard InChI is InChI=1S/C16H19NO2S2/c1-3-4-8-20-10-12-6-5-7-13(9-12)15-17-11(2)14(21-15)16(18)19/h5-7,9H,3-4,8,10H2,1-2H3,(H,18,19). The zero-order chi connectivity index (χ0) is 15.2. The van der Waals surface area contributed by atoms with E-state index in [1.54, 1.807) is 6.92 Å².